The molecule has 0 radical (unpaired) electrons. The fraction of sp³-hybridized carbons (Fsp3) is 0.800. The van der Waals surface area contributed by atoms with Crippen molar-refractivity contribution in [3.8, 4) is 0 Å². The zero-order valence-electron chi connectivity index (χ0n) is 9.22. The van der Waals surface area contributed by atoms with Crippen LogP contribution in [0.25, 0.3) is 0 Å². The summed E-state index contributed by atoms with van der Waals surface area (Å²) in [5.74, 6) is 0.554. The molecule has 0 bridgehead atoms. The van der Waals surface area contributed by atoms with Crippen molar-refractivity contribution in [2.24, 2.45) is 16.9 Å². The van der Waals surface area contributed by atoms with Crippen LogP contribution in [0.2, 0.25) is 0 Å². The number of rotatable bonds is 4. The van der Waals surface area contributed by atoms with E-state index in [1.807, 2.05) is 20.8 Å². The number of carbonyl (C=O) groups excluding carboxylic acids is 1. The first-order valence-electron chi connectivity index (χ1n) is 4.76. The quantitative estimate of drug-likeness (QED) is 0.528. The monoisotopic (exact) mass is 184 g/mol. The Kier molecular flexibility index (Phi) is 5.35. The summed E-state index contributed by atoms with van der Waals surface area (Å²) in [7, 11) is 0. The number of nitrogens with zero attached hydrogens (tertiary/aromatic N) is 1. The van der Waals surface area contributed by atoms with Gasteiger partial charge in [-0.3, -0.25) is 4.79 Å². The van der Waals surface area contributed by atoms with Gasteiger partial charge >= 0.3 is 0 Å². The highest BCUT2D eigenvalue weighted by atomic mass is 16.2. The second-order valence-electron chi connectivity index (χ2n) is 4.08. The Hall–Kier alpha value is -0.860. The van der Waals surface area contributed by atoms with E-state index in [-0.39, 0.29) is 11.8 Å². The SMILES string of the molecule is C/C(CC(C)C)=N\NC(=O)C(C)C. The minimum absolute atomic E-state index is 0.00407. The average molecular weight is 184 g/mol. The van der Waals surface area contributed by atoms with Crippen LogP contribution in [0.1, 0.15) is 41.0 Å². The van der Waals surface area contributed by atoms with Crippen LogP contribution in [0.5, 0.6) is 0 Å². The molecule has 0 aromatic carbocycles. The maximum absolute atomic E-state index is 11.1. The molecule has 13 heavy (non-hydrogen) atoms. The average Bonchev–Trinajstić information content (AvgIpc) is 1.98. The Morgan fingerprint density at radius 3 is 2.23 bits per heavy atom. The van der Waals surface area contributed by atoms with Crippen molar-refractivity contribution >= 4 is 11.6 Å². The van der Waals surface area contributed by atoms with Gasteiger partial charge in [-0.25, -0.2) is 5.43 Å². The van der Waals surface area contributed by atoms with Gasteiger partial charge in [0.05, 0.1) is 0 Å². The second kappa shape index (κ2) is 5.73. The molecule has 0 aliphatic carbocycles. The normalized spacial score (nSPS) is 12.4. The molecule has 1 N–H and O–H groups in total. The van der Waals surface area contributed by atoms with Crippen LogP contribution < -0.4 is 5.43 Å². The Balaban J connectivity index is 3.90. The van der Waals surface area contributed by atoms with Gasteiger partial charge in [-0.2, -0.15) is 5.10 Å². The molecule has 0 saturated heterocycles. The highest BCUT2D eigenvalue weighted by Gasteiger charge is 2.04. The minimum atomic E-state index is -0.0249. The summed E-state index contributed by atoms with van der Waals surface area (Å²) in [6, 6.07) is 0. The van der Waals surface area contributed by atoms with Crippen LogP contribution in [-0.2, 0) is 4.79 Å². The van der Waals surface area contributed by atoms with E-state index < -0.39 is 0 Å². The van der Waals surface area contributed by atoms with Crippen molar-refractivity contribution in [3.63, 3.8) is 0 Å². The maximum atomic E-state index is 11.1. The lowest BCUT2D eigenvalue weighted by Gasteiger charge is -2.06. The summed E-state index contributed by atoms with van der Waals surface area (Å²) in [5.41, 5.74) is 3.51. The minimum Gasteiger partial charge on any atom is -0.273 e. The summed E-state index contributed by atoms with van der Waals surface area (Å²) in [5, 5.41) is 4.00. The van der Waals surface area contributed by atoms with Crippen molar-refractivity contribution in [3.05, 3.63) is 0 Å². The number of hydrazone groups is 1. The van der Waals surface area contributed by atoms with Gasteiger partial charge in [0, 0.05) is 11.6 Å². The number of carbonyl (C=O) groups is 1. The molecule has 0 atom stereocenters. The van der Waals surface area contributed by atoms with Crippen molar-refractivity contribution < 1.29 is 4.79 Å². The zero-order chi connectivity index (χ0) is 10.4. The first-order chi connectivity index (χ1) is 5.93. The lowest BCUT2D eigenvalue weighted by Crippen LogP contribution is -2.24. The first kappa shape index (κ1) is 12.1. The van der Waals surface area contributed by atoms with Gasteiger partial charge in [-0.15, -0.1) is 0 Å². The summed E-state index contributed by atoms with van der Waals surface area (Å²) in [6.07, 6.45) is 0.929. The fourth-order valence-electron chi connectivity index (χ4n) is 0.916. The number of amides is 1. The zero-order valence-corrected chi connectivity index (χ0v) is 9.22. The third-order valence-electron chi connectivity index (χ3n) is 1.58. The van der Waals surface area contributed by atoms with Gasteiger partial charge in [0.25, 0.3) is 0 Å². The van der Waals surface area contributed by atoms with E-state index in [2.05, 4.69) is 24.4 Å². The Morgan fingerprint density at radius 2 is 1.85 bits per heavy atom. The van der Waals surface area contributed by atoms with Gasteiger partial charge in [-0.05, 0) is 19.3 Å². The predicted molar refractivity (Wildman–Crippen MR) is 55.5 cm³/mol. The van der Waals surface area contributed by atoms with E-state index in [9.17, 15) is 4.79 Å². The highest BCUT2D eigenvalue weighted by Crippen LogP contribution is 2.00. The molecule has 76 valence electrons. The van der Waals surface area contributed by atoms with Crippen LogP contribution in [0.15, 0.2) is 5.10 Å². The molecule has 0 unspecified atom stereocenters. The molecule has 1 amide bonds. The van der Waals surface area contributed by atoms with Crippen molar-refractivity contribution in [2.75, 3.05) is 0 Å². The summed E-state index contributed by atoms with van der Waals surface area (Å²) >= 11 is 0. The van der Waals surface area contributed by atoms with Gasteiger partial charge in [0.1, 0.15) is 0 Å². The van der Waals surface area contributed by atoms with E-state index in [0.29, 0.717) is 5.92 Å². The molecule has 0 aliphatic heterocycles. The van der Waals surface area contributed by atoms with Crippen LogP contribution >= 0.6 is 0 Å². The molecule has 3 heteroatoms. The Morgan fingerprint density at radius 1 is 1.31 bits per heavy atom. The lowest BCUT2D eigenvalue weighted by molar-refractivity contribution is -0.123. The van der Waals surface area contributed by atoms with Crippen molar-refractivity contribution in [1.82, 2.24) is 5.43 Å². The molecule has 0 heterocycles. The van der Waals surface area contributed by atoms with Crippen molar-refractivity contribution in [1.29, 1.82) is 0 Å². The summed E-state index contributed by atoms with van der Waals surface area (Å²) in [6.45, 7) is 9.89. The smallest absolute Gasteiger partial charge is 0.242 e. The maximum Gasteiger partial charge on any atom is 0.242 e. The third kappa shape index (κ3) is 6.31. The molecular weight excluding hydrogens is 164 g/mol. The van der Waals surface area contributed by atoms with Crippen LogP contribution in [0, 0.1) is 11.8 Å². The summed E-state index contributed by atoms with van der Waals surface area (Å²) < 4.78 is 0. The van der Waals surface area contributed by atoms with Crippen molar-refractivity contribution in [2.45, 2.75) is 41.0 Å². The molecule has 0 saturated carbocycles. The molecular formula is C10H20N2O. The molecule has 0 rings (SSSR count). The number of hydrogen-bond acceptors (Lipinski definition) is 2. The standard InChI is InChI=1S/C10H20N2O/c1-7(2)6-9(5)11-12-10(13)8(3)4/h7-8H,6H2,1-5H3,(H,12,13)/b11-9+. The third-order valence-corrected chi connectivity index (χ3v) is 1.58. The summed E-state index contributed by atoms with van der Waals surface area (Å²) in [4.78, 5) is 11.1. The predicted octanol–water partition coefficient (Wildman–Crippen LogP) is 2.18. The largest absolute Gasteiger partial charge is 0.273 e. The van der Waals surface area contributed by atoms with Crippen LogP contribution in [-0.4, -0.2) is 11.6 Å². The number of nitrogens with one attached hydrogen (secondary N) is 1. The van der Waals surface area contributed by atoms with E-state index in [4.69, 9.17) is 0 Å². The van der Waals surface area contributed by atoms with Gasteiger partial charge in [-0.1, -0.05) is 27.7 Å². The number of hydrogen-bond donors (Lipinski definition) is 1. The lowest BCUT2D eigenvalue weighted by atomic mass is 10.1. The second-order valence-corrected chi connectivity index (χ2v) is 4.08. The van der Waals surface area contributed by atoms with Gasteiger partial charge in [0.15, 0.2) is 0 Å². The van der Waals surface area contributed by atoms with E-state index in [0.717, 1.165) is 12.1 Å². The van der Waals surface area contributed by atoms with Gasteiger partial charge < -0.3 is 0 Å². The van der Waals surface area contributed by atoms with E-state index in [1.54, 1.807) is 0 Å². The molecule has 3 nitrogen and oxygen atoms in total. The first-order valence-corrected chi connectivity index (χ1v) is 4.76. The van der Waals surface area contributed by atoms with Gasteiger partial charge in [0.2, 0.25) is 5.91 Å². The molecule has 0 fully saturated rings. The highest BCUT2D eigenvalue weighted by molar-refractivity contribution is 5.84. The fourth-order valence-corrected chi connectivity index (χ4v) is 0.916. The van der Waals surface area contributed by atoms with Crippen LogP contribution in [0.3, 0.4) is 0 Å². The molecule has 0 spiro atoms. The molecule has 0 aromatic heterocycles. The Bertz CT molecular complexity index is 195. The van der Waals surface area contributed by atoms with E-state index in [1.165, 1.54) is 0 Å². The topological polar surface area (TPSA) is 41.5 Å². The molecule has 0 aliphatic rings. The van der Waals surface area contributed by atoms with Crippen LogP contribution in [0.4, 0.5) is 0 Å². The molecule has 0 aromatic rings. The van der Waals surface area contributed by atoms with E-state index >= 15 is 0 Å². The Labute approximate surface area is 80.6 Å².